The van der Waals surface area contributed by atoms with Crippen molar-refractivity contribution in [3.05, 3.63) is 58.2 Å². The molecule has 34 heavy (non-hydrogen) atoms. The summed E-state index contributed by atoms with van der Waals surface area (Å²) in [5.74, 6) is -1.17. The highest BCUT2D eigenvalue weighted by atomic mass is 16.5. The van der Waals surface area contributed by atoms with E-state index in [1.807, 2.05) is 58.9 Å². The Morgan fingerprint density at radius 3 is 2.56 bits per heavy atom. The number of amides is 1. The van der Waals surface area contributed by atoms with Crippen LogP contribution in [-0.4, -0.2) is 29.8 Å². The van der Waals surface area contributed by atoms with Crippen LogP contribution in [-0.2, 0) is 29.3 Å². The van der Waals surface area contributed by atoms with Crippen molar-refractivity contribution in [2.24, 2.45) is 11.1 Å². The maximum absolute atomic E-state index is 14.7. The number of hydrogen-bond donors (Lipinski definition) is 1. The number of carbonyl (C=O) groups is 3. The zero-order valence-corrected chi connectivity index (χ0v) is 20.5. The summed E-state index contributed by atoms with van der Waals surface area (Å²) in [7, 11) is 0. The number of Topliss-reactive ketones (excluding diaryl/α,β-unsaturated/α-hetero) is 1. The zero-order valence-electron chi connectivity index (χ0n) is 20.5. The number of fused-ring (bicyclic) bond motifs is 2. The first kappa shape index (κ1) is 22.4. The van der Waals surface area contributed by atoms with Crippen LogP contribution >= 0.6 is 0 Å². The Balaban J connectivity index is 1.92. The molecule has 2 N–H and O–H groups in total. The van der Waals surface area contributed by atoms with Gasteiger partial charge in [0.1, 0.15) is 16.7 Å². The summed E-state index contributed by atoms with van der Waals surface area (Å²) in [4.78, 5) is 43.5. The molecule has 178 valence electrons. The number of para-hydroxylation sites is 1. The molecule has 1 amide bonds. The van der Waals surface area contributed by atoms with Gasteiger partial charge in [0.15, 0.2) is 5.78 Å². The molecule has 1 aromatic carbocycles. The van der Waals surface area contributed by atoms with Crippen LogP contribution in [0, 0.1) is 5.41 Å². The van der Waals surface area contributed by atoms with Crippen LogP contribution in [0.5, 0.6) is 0 Å². The number of allylic oxidation sites excluding steroid dienone is 2. The third kappa shape index (κ3) is 2.67. The molecule has 0 saturated heterocycles. The van der Waals surface area contributed by atoms with Gasteiger partial charge in [0.25, 0.3) is 0 Å². The molecule has 0 unspecified atom stereocenters. The molecule has 0 radical (unpaired) electrons. The normalized spacial score (nSPS) is 26.3. The van der Waals surface area contributed by atoms with Gasteiger partial charge >= 0.3 is 5.97 Å². The lowest BCUT2D eigenvalue weighted by Gasteiger charge is -2.43. The van der Waals surface area contributed by atoms with E-state index < -0.39 is 16.9 Å². The molecule has 0 bridgehead atoms. The van der Waals surface area contributed by atoms with Crippen molar-refractivity contribution in [3.63, 3.8) is 0 Å². The molecular weight excluding hydrogens is 432 g/mol. The number of nitrogens with two attached hydrogens (primary N) is 1. The van der Waals surface area contributed by atoms with Crippen LogP contribution in [0.1, 0.15) is 65.5 Å². The lowest BCUT2D eigenvalue weighted by molar-refractivity contribution is -0.141. The van der Waals surface area contributed by atoms with Crippen molar-refractivity contribution in [2.45, 2.75) is 65.3 Å². The van der Waals surface area contributed by atoms with E-state index >= 15 is 0 Å². The Morgan fingerprint density at radius 1 is 1.18 bits per heavy atom. The van der Waals surface area contributed by atoms with E-state index in [0.717, 1.165) is 11.1 Å². The van der Waals surface area contributed by atoms with Gasteiger partial charge in [0, 0.05) is 24.0 Å². The lowest BCUT2D eigenvalue weighted by atomic mass is 9.61. The quantitative estimate of drug-likeness (QED) is 0.670. The van der Waals surface area contributed by atoms with Gasteiger partial charge in [-0.15, -0.1) is 0 Å². The van der Waals surface area contributed by atoms with Crippen molar-refractivity contribution in [1.29, 1.82) is 0 Å². The van der Waals surface area contributed by atoms with Gasteiger partial charge in [-0.25, -0.2) is 4.79 Å². The summed E-state index contributed by atoms with van der Waals surface area (Å²) >= 11 is 0. The first-order valence-electron chi connectivity index (χ1n) is 11.7. The smallest absolute Gasteiger partial charge is 0.341 e. The number of anilines is 1. The second-order valence-corrected chi connectivity index (χ2v) is 10.9. The highest BCUT2D eigenvalue weighted by Gasteiger charge is 2.66. The van der Waals surface area contributed by atoms with Gasteiger partial charge in [-0.2, -0.15) is 0 Å². The summed E-state index contributed by atoms with van der Waals surface area (Å²) < 4.78 is 11.3. The summed E-state index contributed by atoms with van der Waals surface area (Å²) in [6.07, 6.45) is 2.69. The van der Waals surface area contributed by atoms with Crippen molar-refractivity contribution < 1.29 is 23.9 Å². The van der Waals surface area contributed by atoms with Crippen molar-refractivity contribution in [3.8, 4) is 0 Å². The number of benzene rings is 1. The average molecular weight is 463 g/mol. The number of hydrogen-bond acceptors (Lipinski definition) is 6. The molecule has 7 nitrogen and oxygen atoms in total. The molecule has 1 spiro atoms. The Hall–Kier alpha value is -3.35. The lowest BCUT2D eigenvalue weighted by Crippen LogP contribution is -2.56. The maximum Gasteiger partial charge on any atom is 0.341 e. The molecule has 3 heterocycles. The Morgan fingerprint density at radius 2 is 1.88 bits per heavy atom. The minimum absolute atomic E-state index is 0.0928. The number of esters is 1. The van der Waals surface area contributed by atoms with Crippen molar-refractivity contribution in [1.82, 2.24) is 0 Å². The molecule has 1 atom stereocenters. The second-order valence-electron chi connectivity index (χ2n) is 10.9. The summed E-state index contributed by atoms with van der Waals surface area (Å²) in [5, 5.41) is 0. The molecule has 0 fully saturated rings. The van der Waals surface area contributed by atoms with Crippen LogP contribution in [0.25, 0.3) is 5.57 Å². The summed E-state index contributed by atoms with van der Waals surface area (Å²) in [6.45, 7) is 11.6. The second kappa shape index (κ2) is 6.84. The molecule has 7 heteroatoms. The molecule has 4 aliphatic rings. The van der Waals surface area contributed by atoms with Gasteiger partial charge in [-0.1, -0.05) is 38.1 Å². The minimum Gasteiger partial charge on any atom is -0.462 e. The number of carbonyl (C=O) groups excluding carboxylic acids is 3. The van der Waals surface area contributed by atoms with Crippen LogP contribution in [0.15, 0.2) is 47.1 Å². The highest BCUT2D eigenvalue weighted by Crippen LogP contribution is 2.61. The maximum atomic E-state index is 14.7. The fourth-order valence-electron chi connectivity index (χ4n) is 6.21. The zero-order chi connectivity index (χ0) is 24.8. The third-order valence-corrected chi connectivity index (χ3v) is 7.30. The number of ether oxygens (including phenoxy) is 2. The van der Waals surface area contributed by atoms with E-state index in [-0.39, 0.29) is 47.2 Å². The number of nitrogens with zero attached hydrogens (tertiary/aromatic N) is 1. The molecule has 3 aliphatic heterocycles. The molecule has 0 aromatic heterocycles. The van der Waals surface area contributed by atoms with Crippen LogP contribution < -0.4 is 10.6 Å². The fraction of sp³-hybridized carbons (Fsp3) is 0.444. The Kier molecular flexibility index (Phi) is 4.51. The predicted molar refractivity (Wildman–Crippen MR) is 127 cm³/mol. The first-order valence-corrected chi connectivity index (χ1v) is 11.7. The van der Waals surface area contributed by atoms with Gasteiger partial charge in [0.05, 0.1) is 23.4 Å². The average Bonchev–Trinajstić information content (AvgIpc) is 2.95. The largest absolute Gasteiger partial charge is 0.462 e. The number of ketones is 1. The van der Waals surface area contributed by atoms with E-state index in [9.17, 15) is 14.4 Å². The molecule has 0 saturated carbocycles. The van der Waals surface area contributed by atoms with Crippen molar-refractivity contribution in [2.75, 3.05) is 11.5 Å². The predicted octanol–water partition coefficient (Wildman–Crippen LogP) is 3.87. The summed E-state index contributed by atoms with van der Waals surface area (Å²) in [5.41, 5.74) is 6.93. The minimum atomic E-state index is -1.71. The summed E-state index contributed by atoms with van der Waals surface area (Å²) in [6, 6.07) is 5.63. The Labute approximate surface area is 199 Å². The fourth-order valence-corrected chi connectivity index (χ4v) is 6.21. The monoisotopic (exact) mass is 462 g/mol. The van der Waals surface area contributed by atoms with E-state index in [4.69, 9.17) is 15.2 Å². The number of rotatable bonds is 2. The third-order valence-electron chi connectivity index (χ3n) is 7.30. The van der Waals surface area contributed by atoms with Gasteiger partial charge in [-0.3, -0.25) is 9.59 Å². The molecule has 1 aliphatic carbocycles. The van der Waals surface area contributed by atoms with Gasteiger partial charge in [-0.05, 0) is 38.7 Å². The first-order chi connectivity index (χ1) is 15.9. The topological polar surface area (TPSA) is 98.9 Å². The van der Waals surface area contributed by atoms with E-state index in [1.54, 1.807) is 11.8 Å². The van der Waals surface area contributed by atoms with Crippen LogP contribution in [0.4, 0.5) is 5.69 Å². The van der Waals surface area contributed by atoms with Crippen molar-refractivity contribution >= 4 is 28.9 Å². The molecule has 1 aromatic rings. The molecular formula is C27H30N2O5. The standard InChI is InChI=1S/C27H30N2O5/c1-7-33-23(31)20-22(28)34-18-13-25(3,4)12-17(30)19(18)27(20)16-10-8-9-15-14(2)11-26(5,6)29(21(15)16)24(27)32/h8-11H,7,12-13,28H2,1-6H3/t27-/m0/s1. The highest BCUT2D eigenvalue weighted by molar-refractivity contribution is 6.25. The van der Waals surface area contributed by atoms with Gasteiger partial charge in [0.2, 0.25) is 11.8 Å². The molecule has 5 rings (SSSR count). The SMILES string of the molecule is CCOC(=O)C1=C(N)OC2=C(C(=O)CC(C)(C)C2)[C@]12C(=O)N1c3c(cccc32)C(C)=CC1(C)C. The van der Waals surface area contributed by atoms with E-state index in [2.05, 4.69) is 0 Å². The van der Waals surface area contributed by atoms with E-state index in [1.165, 1.54) is 0 Å². The van der Waals surface area contributed by atoms with Crippen LogP contribution in [0.2, 0.25) is 0 Å². The van der Waals surface area contributed by atoms with E-state index in [0.29, 0.717) is 23.4 Å². The van der Waals surface area contributed by atoms with Crippen LogP contribution in [0.3, 0.4) is 0 Å². The van der Waals surface area contributed by atoms with Gasteiger partial charge < -0.3 is 20.1 Å². The Bertz CT molecular complexity index is 1280.